The summed E-state index contributed by atoms with van der Waals surface area (Å²) in [7, 11) is 0. The minimum Gasteiger partial charge on any atom is -0.493 e. The van der Waals surface area contributed by atoms with E-state index in [-0.39, 0.29) is 29.6 Å². The van der Waals surface area contributed by atoms with Crippen molar-refractivity contribution in [2.75, 3.05) is 5.32 Å². The predicted octanol–water partition coefficient (Wildman–Crippen LogP) is 4.66. The molecule has 0 bridgehead atoms. The number of aliphatic hydroxyl groups is 1. The molecule has 1 atom stereocenters. The number of hydrogen-bond acceptors (Lipinski definition) is 6. The maximum absolute atomic E-state index is 13.9. The van der Waals surface area contributed by atoms with Crippen LogP contribution in [0.15, 0.2) is 23.3 Å². The average Bonchev–Trinajstić information content (AvgIpc) is 2.70. The number of aromatic nitrogens is 2. The number of esters is 1. The number of nitrogens with zero attached hydrogens (tertiary/aromatic N) is 3. The standard InChI is InChI=1S/C23H26ClFN4O4/c1-11(2)16-17(12(8-9-26-16)6-7-15(30)33-23(3,4)5)27-19-18-13(21(31)29-22(19)32)10-14(25)20(24)28-18/h8-11,19,27H,6-7H2,1-5H3,(H,29,31,32). The van der Waals surface area contributed by atoms with Gasteiger partial charge < -0.3 is 15.2 Å². The van der Waals surface area contributed by atoms with Crippen LogP contribution in [0.3, 0.4) is 0 Å². The minimum atomic E-state index is -1.13. The summed E-state index contributed by atoms with van der Waals surface area (Å²) in [5.41, 5.74) is 1.37. The van der Waals surface area contributed by atoms with Gasteiger partial charge in [-0.1, -0.05) is 25.4 Å². The number of rotatable bonds is 6. The molecule has 1 unspecified atom stereocenters. The molecule has 0 saturated carbocycles. The number of fused-ring (bicyclic) bond motifs is 1. The van der Waals surface area contributed by atoms with Crippen LogP contribution in [-0.4, -0.2) is 38.4 Å². The molecular formula is C23H26ClFN4O4. The van der Waals surface area contributed by atoms with Gasteiger partial charge in [-0.05, 0) is 50.8 Å². The van der Waals surface area contributed by atoms with Crippen molar-refractivity contribution in [1.29, 1.82) is 0 Å². The molecule has 0 radical (unpaired) electrons. The van der Waals surface area contributed by atoms with Gasteiger partial charge in [-0.3, -0.25) is 14.6 Å². The number of aliphatic imine (C=N–C) groups is 1. The molecule has 0 aromatic carbocycles. The van der Waals surface area contributed by atoms with E-state index in [0.717, 1.165) is 11.6 Å². The molecule has 176 valence electrons. The first kappa shape index (κ1) is 24.6. The zero-order valence-electron chi connectivity index (χ0n) is 19.1. The summed E-state index contributed by atoms with van der Waals surface area (Å²) < 4.78 is 19.3. The molecule has 0 fully saturated rings. The van der Waals surface area contributed by atoms with E-state index in [1.807, 2.05) is 13.8 Å². The van der Waals surface area contributed by atoms with E-state index >= 15 is 0 Å². The van der Waals surface area contributed by atoms with Crippen LogP contribution in [-0.2, 0) is 20.7 Å². The number of ether oxygens (including phenoxy) is 1. The Labute approximate surface area is 196 Å². The molecule has 1 aliphatic heterocycles. The number of anilines is 1. The Kier molecular flexibility index (Phi) is 7.02. The molecule has 33 heavy (non-hydrogen) atoms. The van der Waals surface area contributed by atoms with Gasteiger partial charge in [-0.2, -0.15) is 4.99 Å². The van der Waals surface area contributed by atoms with Gasteiger partial charge in [-0.15, -0.1) is 0 Å². The van der Waals surface area contributed by atoms with Gasteiger partial charge in [-0.25, -0.2) is 9.37 Å². The summed E-state index contributed by atoms with van der Waals surface area (Å²) in [5, 5.41) is 12.7. The fourth-order valence-corrected chi connectivity index (χ4v) is 3.61. The Hall–Kier alpha value is -3.07. The Morgan fingerprint density at radius 1 is 1.36 bits per heavy atom. The molecule has 2 N–H and O–H groups in total. The smallest absolute Gasteiger partial charge is 0.306 e. The molecule has 2 aromatic rings. The van der Waals surface area contributed by atoms with E-state index in [4.69, 9.17) is 16.3 Å². The number of aryl methyl sites for hydroxylation is 1. The maximum atomic E-state index is 13.9. The zero-order chi connectivity index (χ0) is 24.5. The van der Waals surface area contributed by atoms with E-state index in [9.17, 15) is 19.1 Å². The number of pyridine rings is 2. The van der Waals surface area contributed by atoms with Gasteiger partial charge in [0.05, 0.1) is 22.6 Å². The number of amides is 1. The van der Waals surface area contributed by atoms with E-state index in [0.29, 0.717) is 17.8 Å². The van der Waals surface area contributed by atoms with Crippen LogP contribution >= 0.6 is 11.6 Å². The number of carbonyl (C=O) groups is 2. The summed E-state index contributed by atoms with van der Waals surface area (Å²) in [5.74, 6) is -2.56. The van der Waals surface area contributed by atoms with Crippen molar-refractivity contribution in [3.8, 4) is 0 Å². The largest absolute Gasteiger partial charge is 0.493 e. The maximum Gasteiger partial charge on any atom is 0.306 e. The molecule has 0 saturated heterocycles. The first-order valence-electron chi connectivity index (χ1n) is 10.5. The molecule has 0 aliphatic carbocycles. The number of carbonyl (C=O) groups excluding carboxylic acids is 2. The summed E-state index contributed by atoms with van der Waals surface area (Å²) in [6.07, 6.45) is 2.09. The first-order valence-corrected chi connectivity index (χ1v) is 10.9. The van der Waals surface area contributed by atoms with Crippen LogP contribution in [0.5, 0.6) is 0 Å². The second kappa shape index (κ2) is 9.43. The Morgan fingerprint density at radius 3 is 2.70 bits per heavy atom. The zero-order valence-corrected chi connectivity index (χ0v) is 19.8. The molecular weight excluding hydrogens is 451 g/mol. The highest BCUT2D eigenvalue weighted by Gasteiger charge is 2.34. The molecule has 3 rings (SSSR count). The molecule has 2 aromatic heterocycles. The summed E-state index contributed by atoms with van der Waals surface area (Å²) in [6, 6.07) is 1.61. The van der Waals surface area contributed by atoms with Crippen LogP contribution in [0.4, 0.5) is 10.1 Å². The number of hydrogen-bond donors (Lipinski definition) is 2. The summed E-state index contributed by atoms with van der Waals surface area (Å²) in [6.45, 7) is 9.27. The van der Waals surface area contributed by atoms with Gasteiger partial charge in [0, 0.05) is 12.6 Å². The quantitative estimate of drug-likeness (QED) is 0.460. The van der Waals surface area contributed by atoms with E-state index < -0.39 is 34.4 Å². The SMILES string of the molecule is CC(C)c1nccc(CCC(=O)OC(C)(C)C)c1NC1C(=O)N=C(O)c2cc(F)c(Cl)nc21. The lowest BCUT2D eigenvalue weighted by Crippen LogP contribution is -2.30. The normalized spacial score (nSPS) is 15.8. The number of nitrogens with one attached hydrogen (secondary N) is 1. The van der Waals surface area contributed by atoms with Crippen LogP contribution in [0.2, 0.25) is 5.15 Å². The molecule has 1 aliphatic rings. The second-order valence-electron chi connectivity index (χ2n) is 9.02. The fraction of sp³-hybridized carbons (Fsp3) is 0.435. The molecule has 10 heteroatoms. The Balaban J connectivity index is 1.98. The van der Waals surface area contributed by atoms with Crippen molar-refractivity contribution in [1.82, 2.24) is 9.97 Å². The topological polar surface area (TPSA) is 114 Å². The Bertz CT molecular complexity index is 1130. The van der Waals surface area contributed by atoms with Crippen molar-refractivity contribution in [2.45, 2.75) is 65.0 Å². The van der Waals surface area contributed by atoms with Crippen molar-refractivity contribution >= 4 is 35.1 Å². The molecule has 0 spiro atoms. The lowest BCUT2D eigenvalue weighted by atomic mass is 9.98. The number of halogens is 2. The second-order valence-corrected chi connectivity index (χ2v) is 9.37. The third-order valence-electron chi connectivity index (χ3n) is 4.86. The van der Waals surface area contributed by atoms with Crippen LogP contribution in [0.1, 0.15) is 75.5 Å². The van der Waals surface area contributed by atoms with Gasteiger partial charge in [0.15, 0.2) is 17.0 Å². The predicted molar refractivity (Wildman–Crippen MR) is 122 cm³/mol. The lowest BCUT2D eigenvalue weighted by molar-refractivity contribution is -0.154. The van der Waals surface area contributed by atoms with E-state index in [2.05, 4.69) is 20.3 Å². The van der Waals surface area contributed by atoms with Crippen LogP contribution in [0, 0.1) is 5.82 Å². The molecule has 8 nitrogen and oxygen atoms in total. The lowest BCUT2D eigenvalue weighted by Gasteiger charge is -2.26. The third kappa shape index (κ3) is 5.65. The molecule has 3 heterocycles. The van der Waals surface area contributed by atoms with Crippen molar-refractivity contribution in [3.63, 3.8) is 0 Å². The minimum absolute atomic E-state index is 0.0196. The van der Waals surface area contributed by atoms with Crippen molar-refractivity contribution in [2.24, 2.45) is 4.99 Å². The summed E-state index contributed by atoms with van der Waals surface area (Å²) >= 11 is 5.85. The van der Waals surface area contributed by atoms with Crippen LogP contribution in [0.25, 0.3) is 0 Å². The van der Waals surface area contributed by atoms with Gasteiger partial charge in [0.1, 0.15) is 5.60 Å². The van der Waals surface area contributed by atoms with E-state index in [1.54, 1.807) is 33.0 Å². The highest BCUT2D eigenvalue weighted by Crippen LogP contribution is 2.34. The summed E-state index contributed by atoms with van der Waals surface area (Å²) in [4.78, 5) is 37.0. The third-order valence-corrected chi connectivity index (χ3v) is 5.13. The van der Waals surface area contributed by atoms with Gasteiger partial charge in [0.25, 0.3) is 5.91 Å². The van der Waals surface area contributed by atoms with Gasteiger partial charge in [0.2, 0.25) is 5.90 Å². The Morgan fingerprint density at radius 2 is 2.06 bits per heavy atom. The number of aliphatic hydroxyl groups excluding tert-OH is 1. The fourth-order valence-electron chi connectivity index (χ4n) is 3.46. The van der Waals surface area contributed by atoms with Crippen molar-refractivity contribution in [3.05, 3.63) is 51.8 Å². The highest BCUT2D eigenvalue weighted by atomic mass is 35.5. The molecule has 1 amide bonds. The first-order chi connectivity index (χ1) is 15.4. The monoisotopic (exact) mass is 476 g/mol. The van der Waals surface area contributed by atoms with E-state index in [1.165, 1.54) is 0 Å². The highest BCUT2D eigenvalue weighted by molar-refractivity contribution is 6.29. The van der Waals surface area contributed by atoms with Crippen LogP contribution < -0.4 is 5.32 Å². The average molecular weight is 477 g/mol. The van der Waals surface area contributed by atoms with Gasteiger partial charge >= 0.3 is 5.97 Å². The van der Waals surface area contributed by atoms with Crippen molar-refractivity contribution < 1.29 is 23.8 Å².